The summed E-state index contributed by atoms with van der Waals surface area (Å²) >= 11 is 1.63. The lowest BCUT2D eigenvalue weighted by atomic mass is 10.2. The first-order valence-corrected chi connectivity index (χ1v) is 9.24. The molecule has 0 radical (unpaired) electrons. The molecule has 0 spiro atoms. The number of aromatic nitrogens is 1. The van der Waals surface area contributed by atoms with Crippen molar-refractivity contribution in [3.8, 4) is 5.75 Å². The minimum absolute atomic E-state index is 0.0516. The third kappa shape index (κ3) is 3.42. The molecule has 2 aliphatic heterocycles. The second-order valence-corrected chi connectivity index (χ2v) is 7.08. The molecule has 7 nitrogen and oxygen atoms in total. The van der Waals surface area contributed by atoms with Crippen LogP contribution in [0.2, 0.25) is 0 Å². The summed E-state index contributed by atoms with van der Waals surface area (Å²) in [6, 6.07) is 5.90. The molecular weight excluding hydrogens is 342 g/mol. The maximum atomic E-state index is 12.7. The van der Waals surface area contributed by atoms with E-state index in [1.807, 2.05) is 23.1 Å². The van der Waals surface area contributed by atoms with Crippen molar-refractivity contribution in [2.75, 3.05) is 58.0 Å². The zero-order valence-corrected chi connectivity index (χ0v) is 15.0. The number of ether oxygens (including phenoxy) is 3. The Morgan fingerprint density at radius 2 is 2.12 bits per heavy atom. The molecule has 8 heteroatoms. The third-order valence-corrected chi connectivity index (χ3v) is 5.62. The number of nitrogens with zero attached hydrogens (tertiary/aromatic N) is 3. The number of benzene rings is 1. The highest BCUT2D eigenvalue weighted by molar-refractivity contribution is 7.22. The van der Waals surface area contributed by atoms with Crippen LogP contribution in [0.4, 0.5) is 5.13 Å². The van der Waals surface area contributed by atoms with Crippen molar-refractivity contribution in [1.29, 1.82) is 0 Å². The van der Waals surface area contributed by atoms with Crippen LogP contribution in [-0.4, -0.2) is 75.0 Å². The van der Waals surface area contributed by atoms with Gasteiger partial charge in [0.2, 0.25) is 0 Å². The summed E-state index contributed by atoms with van der Waals surface area (Å²) in [4.78, 5) is 21.4. The molecule has 1 atom stereocenters. The summed E-state index contributed by atoms with van der Waals surface area (Å²) in [7, 11) is 1.65. The highest BCUT2D eigenvalue weighted by atomic mass is 32.1. The summed E-state index contributed by atoms with van der Waals surface area (Å²) in [5.74, 6) is 0.850. The largest absolute Gasteiger partial charge is 0.497 e. The zero-order chi connectivity index (χ0) is 17.2. The highest BCUT2D eigenvalue weighted by Gasteiger charge is 2.32. The van der Waals surface area contributed by atoms with Gasteiger partial charge in [-0.1, -0.05) is 11.3 Å². The third-order valence-electron chi connectivity index (χ3n) is 4.52. The zero-order valence-electron chi connectivity index (χ0n) is 14.1. The van der Waals surface area contributed by atoms with Crippen LogP contribution in [0.25, 0.3) is 10.2 Å². The topological polar surface area (TPSA) is 64.1 Å². The van der Waals surface area contributed by atoms with Crippen LogP contribution in [0, 0.1) is 0 Å². The predicted octanol–water partition coefficient (Wildman–Crippen LogP) is 1.37. The quantitative estimate of drug-likeness (QED) is 0.821. The molecule has 0 aliphatic carbocycles. The molecule has 0 saturated carbocycles. The van der Waals surface area contributed by atoms with E-state index >= 15 is 0 Å². The minimum Gasteiger partial charge on any atom is -0.497 e. The number of hydrogen-bond donors (Lipinski definition) is 0. The van der Waals surface area contributed by atoms with Gasteiger partial charge >= 0.3 is 0 Å². The number of morpholine rings is 2. The van der Waals surface area contributed by atoms with Crippen molar-refractivity contribution in [2.45, 2.75) is 6.10 Å². The second-order valence-electron chi connectivity index (χ2n) is 6.07. The average molecular weight is 363 g/mol. The molecule has 25 heavy (non-hydrogen) atoms. The predicted molar refractivity (Wildman–Crippen MR) is 95.5 cm³/mol. The van der Waals surface area contributed by atoms with Crippen LogP contribution < -0.4 is 9.64 Å². The normalized spacial score (nSPS) is 21.6. The summed E-state index contributed by atoms with van der Waals surface area (Å²) in [6.45, 7) is 4.28. The first-order chi connectivity index (χ1) is 12.2. The van der Waals surface area contributed by atoms with Gasteiger partial charge in [0, 0.05) is 25.7 Å². The van der Waals surface area contributed by atoms with Crippen molar-refractivity contribution in [3.05, 3.63) is 18.2 Å². The Kier molecular flexibility index (Phi) is 4.74. The number of rotatable bonds is 3. The molecule has 1 unspecified atom stereocenters. The van der Waals surface area contributed by atoms with Gasteiger partial charge in [-0.2, -0.15) is 0 Å². The molecule has 4 rings (SSSR count). The molecule has 0 N–H and O–H groups in total. The fourth-order valence-electron chi connectivity index (χ4n) is 3.12. The molecule has 2 aromatic rings. The molecule has 1 aromatic carbocycles. The highest BCUT2D eigenvalue weighted by Crippen LogP contribution is 2.32. The van der Waals surface area contributed by atoms with Crippen molar-refractivity contribution in [3.63, 3.8) is 0 Å². The van der Waals surface area contributed by atoms with Crippen LogP contribution in [0.5, 0.6) is 5.75 Å². The standard InChI is InChI=1S/C17H21N3O4S/c1-22-12-2-3-15-13(10-12)18-17(25-15)20-6-9-24-14(11-20)16(21)19-4-7-23-8-5-19/h2-3,10,14H,4-9,11H2,1H3. The van der Waals surface area contributed by atoms with Crippen molar-refractivity contribution >= 4 is 32.6 Å². The number of anilines is 1. The van der Waals surface area contributed by atoms with Crippen molar-refractivity contribution in [2.24, 2.45) is 0 Å². The Morgan fingerprint density at radius 3 is 2.92 bits per heavy atom. The van der Waals surface area contributed by atoms with Crippen LogP contribution in [-0.2, 0) is 14.3 Å². The van der Waals surface area contributed by atoms with E-state index in [1.165, 1.54) is 0 Å². The first-order valence-electron chi connectivity index (χ1n) is 8.42. The van der Waals surface area contributed by atoms with Crippen molar-refractivity contribution < 1.29 is 19.0 Å². The summed E-state index contributed by atoms with van der Waals surface area (Å²) in [6.07, 6.45) is -0.437. The molecule has 1 aromatic heterocycles. The lowest BCUT2D eigenvalue weighted by Gasteiger charge is -2.36. The van der Waals surface area contributed by atoms with Crippen LogP contribution in [0.1, 0.15) is 0 Å². The van der Waals surface area contributed by atoms with Gasteiger partial charge in [-0.15, -0.1) is 0 Å². The van der Waals surface area contributed by atoms with E-state index in [0.717, 1.165) is 27.6 Å². The Balaban J connectivity index is 1.49. The fourth-order valence-corrected chi connectivity index (χ4v) is 4.10. The Bertz CT molecular complexity index is 759. The van der Waals surface area contributed by atoms with E-state index in [1.54, 1.807) is 18.4 Å². The van der Waals surface area contributed by atoms with Gasteiger partial charge in [0.05, 0.1) is 43.7 Å². The van der Waals surface area contributed by atoms with Gasteiger partial charge in [-0.05, 0) is 12.1 Å². The molecule has 1 amide bonds. The molecular formula is C17H21N3O4S. The monoisotopic (exact) mass is 363 g/mol. The van der Waals surface area contributed by atoms with E-state index in [2.05, 4.69) is 4.90 Å². The van der Waals surface area contributed by atoms with Gasteiger partial charge in [0.1, 0.15) is 5.75 Å². The molecule has 2 saturated heterocycles. The SMILES string of the molecule is COc1ccc2sc(N3CCOC(C(=O)N4CCOCC4)C3)nc2c1. The van der Waals surface area contributed by atoms with E-state index < -0.39 is 6.10 Å². The molecule has 3 heterocycles. The van der Waals surface area contributed by atoms with Crippen LogP contribution in [0.3, 0.4) is 0 Å². The second kappa shape index (κ2) is 7.15. The van der Waals surface area contributed by atoms with E-state index in [-0.39, 0.29) is 5.91 Å². The van der Waals surface area contributed by atoms with Crippen LogP contribution >= 0.6 is 11.3 Å². The Morgan fingerprint density at radius 1 is 1.28 bits per heavy atom. The van der Waals surface area contributed by atoms with E-state index in [4.69, 9.17) is 19.2 Å². The minimum atomic E-state index is -0.437. The van der Waals surface area contributed by atoms with E-state index in [0.29, 0.717) is 39.5 Å². The first kappa shape index (κ1) is 16.6. The number of carbonyl (C=O) groups is 1. The summed E-state index contributed by atoms with van der Waals surface area (Å²) < 4.78 is 17.4. The number of amides is 1. The number of thiazole rings is 1. The van der Waals surface area contributed by atoms with Gasteiger partial charge in [0.15, 0.2) is 11.2 Å². The lowest BCUT2D eigenvalue weighted by Crippen LogP contribution is -2.53. The Labute approximate surface area is 150 Å². The molecule has 2 aliphatic rings. The van der Waals surface area contributed by atoms with E-state index in [9.17, 15) is 4.79 Å². The number of methoxy groups -OCH3 is 1. The smallest absolute Gasteiger partial charge is 0.253 e. The molecule has 0 bridgehead atoms. The van der Waals surface area contributed by atoms with Crippen molar-refractivity contribution in [1.82, 2.24) is 9.88 Å². The Hall–Kier alpha value is -1.90. The summed E-state index contributed by atoms with van der Waals surface area (Å²) in [5.41, 5.74) is 0.918. The average Bonchev–Trinajstić information content (AvgIpc) is 3.11. The lowest BCUT2D eigenvalue weighted by molar-refractivity contribution is -0.148. The van der Waals surface area contributed by atoms with Gasteiger partial charge in [-0.25, -0.2) is 4.98 Å². The van der Waals surface area contributed by atoms with Gasteiger partial charge < -0.3 is 24.0 Å². The number of hydrogen-bond acceptors (Lipinski definition) is 7. The van der Waals surface area contributed by atoms with Gasteiger partial charge in [0.25, 0.3) is 5.91 Å². The molecule has 134 valence electrons. The number of carbonyl (C=O) groups excluding carboxylic acids is 1. The van der Waals surface area contributed by atoms with Gasteiger partial charge in [-0.3, -0.25) is 4.79 Å². The maximum Gasteiger partial charge on any atom is 0.253 e. The maximum absolute atomic E-state index is 12.7. The fraction of sp³-hybridized carbons (Fsp3) is 0.529. The molecule has 2 fully saturated rings. The number of fused-ring (bicyclic) bond motifs is 1. The summed E-state index contributed by atoms with van der Waals surface area (Å²) in [5, 5.41) is 0.923. The van der Waals surface area contributed by atoms with Crippen LogP contribution in [0.15, 0.2) is 18.2 Å².